The minimum Gasteiger partial charge on any atom is -0.480 e. The van der Waals surface area contributed by atoms with E-state index in [-0.39, 0.29) is 19.0 Å². The average molecular weight is 300 g/mol. The molecule has 22 heavy (non-hydrogen) atoms. The summed E-state index contributed by atoms with van der Waals surface area (Å²) in [5.41, 5.74) is 3.74. The Labute approximate surface area is 126 Å². The lowest BCUT2D eigenvalue weighted by molar-refractivity contribution is -0.137. The summed E-state index contributed by atoms with van der Waals surface area (Å²) >= 11 is 0. The Morgan fingerprint density at radius 2 is 2.09 bits per heavy atom. The van der Waals surface area contributed by atoms with Crippen molar-refractivity contribution in [1.82, 2.24) is 20.3 Å². The van der Waals surface area contributed by atoms with Crippen molar-refractivity contribution >= 4 is 11.9 Å². The number of aryl methyl sites for hydroxylation is 2. The molecule has 0 radical (unpaired) electrons. The maximum absolute atomic E-state index is 12.1. The predicted molar refractivity (Wildman–Crippen MR) is 77.3 cm³/mol. The Hall–Kier alpha value is -2.70. The summed E-state index contributed by atoms with van der Waals surface area (Å²) in [6, 6.07) is 5.79. The molecule has 7 heteroatoms. The molecule has 1 heterocycles. The van der Waals surface area contributed by atoms with Gasteiger partial charge in [0.1, 0.15) is 12.2 Å². The number of aliphatic carboxylic acids is 1. The van der Waals surface area contributed by atoms with Gasteiger partial charge in [0.25, 0.3) is 5.91 Å². The van der Waals surface area contributed by atoms with Crippen LogP contribution in [0.3, 0.4) is 0 Å². The molecule has 0 saturated heterocycles. The number of carboxylic acid groups (broad SMARTS) is 1. The van der Waals surface area contributed by atoms with Gasteiger partial charge in [0.05, 0.1) is 12.7 Å². The van der Waals surface area contributed by atoms with Crippen LogP contribution in [0.1, 0.15) is 33.6 Å². The lowest BCUT2D eigenvalue weighted by Crippen LogP contribution is -2.23. The molecule has 2 N–H and O–H groups in total. The zero-order valence-corrected chi connectivity index (χ0v) is 12.0. The number of benzene rings is 1. The number of fused-ring (bicyclic) bond motifs is 1. The van der Waals surface area contributed by atoms with E-state index < -0.39 is 5.97 Å². The third-order valence-electron chi connectivity index (χ3n) is 3.67. The van der Waals surface area contributed by atoms with Gasteiger partial charge < -0.3 is 10.4 Å². The molecular weight excluding hydrogens is 284 g/mol. The number of hydrogen-bond acceptors (Lipinski definition) is 4. The predicted octanol–water partition coefficient (Wildman–Crippen LogP) is 0.781. The summed E-state index contributed by atoms with van der Waals surface area (Å²) in [4.78, 5) is 22.7. The highest BCUT2D eigenvalue weighted by molar-refractivity contribution is 5.94. The minimum absolute atomic E-state index is 0.164. The molecule has 114 valence electrons. The van der Waals surface area contributed by atoms with Crippen LogP contribution in [-0.4, -0.2) is 32.0 Å². The second kappa shape index (κ2) is 5.97. The largest absolute Gasteiger partial charge is 0.480 e. The maximum atomic E-state index is 12.1. The Morgan fingerprint density at radius 3 is 2.91 bits per heavy atom. The van der Waals surface area contributed by atoms with Gasteiger partial charge in [-0.1, -0.05) is 11.3 Å². The molecule has 3 rings (SSSR count). The summed E-state index contributed by atoms with van der Waals surface area (Å²) < 4.78 is 1.22. The van der Waals surface area contributed by atoms with Crippen molar-refractivity contribution in [2.75, 3.05) is 0 Å². The highest BCUT2D eigenvalue weighted by Gasteiger charge is 2.14. The molecule has 0 saturated carbocycles. The standard InChI is InChI=1S/C15H16N4O3/c20-14(21)9-19-8-13(17-18-19)7-16-15(22)12-5-4-10-2-1-3-11(10)6-12/h4-6,8H,1-3,7,9H2,(H,16,22)(H,20,21). The number of carbonyl (C=O) groups excluding carboxylic acids is 1. The molecule has 1 aromatic heterocycles. The Balaban J connectivity index is 1.60. The highest BCUT2D eigenvalue weighted by Crippen LogP contribution is 2.22. The number of rotatable bonds is 5. The van der Waals surface area contributed by atoms with Crippen LogP contribution >= 0.6 is 0 Å². The molecule has 7 nitrogen and oxygen atoms in total. The Bertz CT molecular complexity index is 723. The van der Waals surface area contributed by atoms with Crippen molar-refractivity contribution in [3.63, 3.8) is 0 Å². The van der Waals surface area contributed by atoms with E-state index in [0.717, 1.165) is 19.3 Å². The topological polar surface area (TPSA) is 97.1 Å². The van der Waals surface area contributed by atoms with E-state index in [9.17, 15) is 9.59 Å². The van der Waals surface area contributed by atoms with Crippen LogP contribution in [0.4, 0.5) is 0 Å². The zero-order chi connectivity index (χ0) is 15.5. The quantitative estimate of drug-likeness (QED) is 0.850. The fourth-order valence-electron chi connectivity index (χ4n) is 2.62. The van der Waals surface area contributed by atoms with E-state index in [2.05, 4.69) is 15.6 Å². The van der Waals surface area contributed by atoms with E-state index in [1.165, 1.54) is 22.0 Å². The first-order chi connectivity index (χ1) is 10.6. The summed E-state index contributed by atoms with van der Waals surface area (Å²) in [6.07, 6.45) is 4.77. The van der Waals surface area contributed by atoms with Crippen LogP contribution in [0, 0.1) is 0 Å². The molecular formula is C15H16N4O3. The van der Waals surface area contributed by atoms with Gasteiger partial charge in [-0.2, -0.15) is 0 Å². The summed E-state index contributed by atoms with van der Waals surface area (Å²) in [7, 11) is 0. The summed E-state index contributed by atoms with van der Waals surface area (Å²) in [5, 5.41) is 18.9. The molecule has 0 spiro atoms. The van der Waals surface area contributed by atoms with Gasteiger partial charge in [-0.15, -0.1) is 5.10 Å². The van der Waals surface area contributed by atoms with Gasteiger partial charge in [0, 0.05) is 5.56 Å². The van der Waals surface area contributed by atoms with Crippen LogP contribution in [0.25, 0.3) is 0 Å². The number of hydrogen-bond donors (Lipinski definition) is 2. The fourth-order valence-corrected chi connectivity index (χ4v) is 2.62. The molecule has 0 atom stereocenters. The third kappa shape index (κ3) is 3.13. The van der Waals surface area contributed by atoms with Crippen molar-refractivity contribution in [1.29, 1.82) is 0 Å². The third-order valence-corrected chi connectivity index (χ3v) is 3.67. The Kier molecular flexibility index (Phi) is 3.86. The maximum Gasteiger partial charge on any atom is 0.325 e. The first-order valence-electron chi connectivity index (χ1n) is 7.12. The SMILES string of the molecule is O=C(O)Cn1cc(CNC(=O)c2ccc3c(c2)CCC3)nn1. The van der Waals surface area contributed by atoms with Crippen molar-refractivity contribution in [3.8, 4) is 0 Å². The molecule has 0 aliphatic heterocycles. The van der Waals surface area contributed by atoms with E-state index in [0.29, 0.717) is 11.3 Å². The molecule has 0 bridgehead atoms. The van der Waals surface area contributed by atoms with Gasteiger partial charge in [0.15, 0.2) is 0 Å². The fraction of sp³-hybridized carbons (Fsp3) is 0.333. The molecule has 1 aliphatic carbocycles. The molecule has 2 aromatic rings. The Morgan fingerprint density at radius 1 is 1.27 bits per heavy atom. The van der Waals surface area contributed by atoms with Crippen LogP contribution < -0.4 is 5.32 Å². The number of carbonyl (C=O) groups is 2. The first kappa shape index (κ1) is 14.2. The van der Waals surface area contributed by atoms with Crippen molar-refractivity contribution < 1.29 is 14.7 Å². The molecule has 1 aromatic carbocycles. The normalized spacial score (nSPS) is 12.9. The molecule has 1 aliphatic rings. The van der Waals surface area contributed by atoms with Crippen LogP contribution in [0.2, 0.25) is 0 Å². The van der Waals surface area contributed by atoms with E-state index in [4.69, 9.17) is 5.11 Å². The van der Waals surface area contributed by atoms with Gasteiger partial charge in [-0.25, -0.2) is 4.68 Å². The second-order valence-corrected chi connectivity index (χ2v) is 5.32. The number of nitrogens with one attached hydrogen (secondary N) is 1. The number of nitrogens with zero attached hydrogens (tertiary/aromatic N) is 3. The summed E-state index contributed by atoms with van der Waals surface area (Å²) in [6.45, 7) is -0.0265. The summed E-state index contributed by atoms with van der Waals surface area (Å²) in [5.74, 6) is -1.15. The molecule has 0 fully saturated rings. The molecule has 0 unspecified atom stereocenters. The smallest absolute Gasteiger partial charge is 0.325 e. The number of carboxylic acids is 1. The number of aromatic nitrogens is 3. The average Bonchev–Trinajstić information content (AvgIpc) is 3.12. The second-order valence-electron chi connectivity index (χ2n) is 5.32. The van der Waals surface area contributed by atoms with Crippen LogP contribution in [0.15, 0.2) is 24.4 Å². The lowest BCUT2D eigenvalue weighted by Gasteiger charge is -2.05. The lowest BCUT2D eigenvalue weighted by atomic mass is 10.1. The van der Waals surface area contributed by atoms with Gasteiger partial charge in [-0.3, -0.25) is 9.59 Å². The molecule has 1 amide bonds. The first-order valence-corrected chi connectivity index (χ1v) is 7.12. The van der Waals surface area contributed by atoms with Gasteiger partial charge in [0.2, 0.25) is 0 Å². The van der Waals surface area contributed by atoms with Gasteiger partial charge >= 0.3 is 5.97 Å². The van der Waals surface area contributed by atoms with E-state index >= 15 is 0 Å². The van der Waals surface area contributed by atoms with Crippen LogP contribution in [-0.2, 0) is 30.7 Å². The highest BCUT2D eigenvalue weighted by atomic mass is 16.4. The van der Waals surface area contributed by atoms with Crippen molar-refractivity contribution in [2.45, 2.75) is 32.4 Å². The van der Waals surface area contributed by atoms with Gasteiger partial charge in [-0.05, 0) is 42.5 Å². The van der Waals surface area contributed by atoms with E-state index in [1.807, 2.05) is 18.2 Å². The van der Waals surface area contributed by atoms with E-state index in [1.54, 1.807) is 0 Å². The number of amides is 1. The monoisotopic (exact) mass is 300 g/mol. The minimum atomic E-state index is -0.987. The van der Waals surface area contributed by atoms with Crippen LogP contribution in [0.5, 0.6) is 0 Å². The zero-order valence-electron chi connectivity index (χ0n) is 12.0. The van der Waals surface area contributed by atoms with Crippen molar-refractivity contribution in [2.24, 2.45) is 0 Å². The van der Waals surface area contributed by atoms with Crippen molar-refractivity contribution in [3.05, 3.63) is 46.8 Å².